The lowest BCUT2D eigenvalue weighted by molar-refractivity contribution is -0.157. The van der Waals surface area contributed by atoms with Crippen LogP contribution in [0.2, 0.25) is 0 Å². The number of alkyl halides is 1. The zero-order valence-electron chi connectivity index (χ0n) is 18.5. The monoisotopic (exact) mass is 428 g/mol. The number of methoxy groups -OCH3 is 1. The molecule has 31 heavy (non-hydrogen) atoms. The molecular formula is C26H33FO4. The number of benzene rings is 2. The number of halogens is 1. The van der Waals surface area contributed by atoms with Crippen molar-refractivity contribution in [3.8, 4) is 22.6 Å². The number of carbonyl (C=O) groups is 1. The molecule has 1 saturated carbocycles. The van der Waals surface area contributed by atoms with Crippen LogP contribution in [0, 0.1) is 5.92 Å². The van der Waals surface area contributed by atoms with Crippen molar-refractivity contribution in [2.45, 2.75) is 64.1 Å². The molecule has 3 rings (SSSR count). The van der Waals surface area contributed by atoms with E-state index in [1.54, 1.807) is 7.11 Å². The molecule has 1 aliphatic rings. The second-order valence-corrected chi connectivity index (χ2v) is 8.25. The van der Waals surface area contributed by atoms with E-state index in [0.29, 0.717) is 18.9 Å². The topological polar surface area (TPSA) is 44.8 Å². The molecule has 0 aliphatic heterocycles. The Balaban J connectivity index is 1.39. The molecule has 0 amide bonds. The molecule has 0 spiro atoms. The zero-order chi connectivity index (χ0) is 22.1. The van der Waals surface area contributed by atoms with Crippen LogP contribution in [0.4, 0.5) is 4.39 Å². The molecule has 0 bridgehead atoms. The summed E-state index contributed by atoms with van der Waals surface area (Å²) in [4.78, 5) is 11.8. The van der Waals surface area contributed by atoms with Gasteiger partial charge < -0.3 is 14.2 Å². The fourth-order valence-electron chi connectivity index (χ4n) is 3.90. The van der Waals surface area contributed by atoms with Crippen molar-refractivity contribution in [2.24, 2.45) is 5.92 Å². The van der Waals surface area contributed by atoms with Crippen molar-refractivity contribution in [1.82, 2.24) is 0 Å². The number of hydrogen-bond acceptors (Lipinski definition) is 4. The van der Waals surface area contributed by atoms with Gasteiger partial charge in [0.25, 0.3) is 0 Å². The highest BCUT2D eigenvalue weighted by atomic mass is 19.1. The van der Waals surface area contributed by atoms with Crippen LogP contribution in [0.15, 0.2) is 48.5 Å². The maximum absolute atomic E-state index is 13.8. The van der Waals surface area contributed by atoms with Gasteiger partial charge in [0.1, 0.15) is 17.6 Å². The summed E-state index contributed by atoms with van der Waals surface area (Å²) in [5.74, 6) is 1.43. The highest BCUT2D eigenvalue weighted by Crippen LogP contribution is 2.29. The highest BCUT2D eigenvalue weighted by Gasteiger charge is 2.27. The summed E-state index contributed by atoms with van der Waals surface area (Å²) in [6.07, 6.45) is 3.60. The fourth-order valence-corrected chi connectivity index (χ4v) is 3.90. The van der Waals surface area contributed by atoms with Crippen molar-refractivity contribution in [3.05, 3.63) is 48.5 Å². The van der Waals surface area contributed by atoms with Gasteiger partial charge >= 0.3 is 5.97 Å². The average molecular weight is 429 g/mol. The Bertz CT molecular complexity index is 795. The second kappa shape index (κ2) is 11.7. The van der Waals surface area contributed by atoms with E-state index in [4.69, 9.17) is 14.2 Å². The van der Waals surface area contributed by atoms with E-state index >= 15 is 0 Å². The summed E-state index contributed by atoms with van der Waals surface area (Å²) in [7, 11) is 1.66. The SMILES string of the molecule is CCCC[C@H](F)C(=O)OC1CCC(COc2ccc(-c3ccc(OC)cc3)cc2)CC1. The third-order valence-corrected chi connectivity index (χ3v) is 5.91. The third-order valence-electron chi connectivity index (χ3n) is 5.91. The van der Waals surface area contributed by atoms with Gasteiger partial charge in [0, 0.05) is 0 Å². The van der Waals surface area contributed by atoms with E-state index in [9.17, 15) is 9.18 Å². The molecule has 5 heteroatoms. The van der Waals surface area contributed by atoms with Gasteiger partial charge in [-0.15, -0.1) is 0 Å². The minimum atomic E-state index is -1.48. The predicted molar refractivity (Wildman–Crippen MR) is 120 cm³/mol. The van der Waals surface area contributed by atoms with E-state index < -0.39 is 12.1 Å². The van der Waals surface area contributed by atoms with Gasteiger partial charge in [-0.25, -0.2) is 9.18 Å². The van der Waals surface area contributed by atoms with Gasteiger partial charge in [0.05, 0.1) is 13.7 Å². The summed E-state index contributed by atoms with van der Waals surface area (Å²) < 4.78 is 30.3. The second-order valence-electron chi connectivity index (χ2n) is 8.25. The Hall–Kier alpha value is -2.56. The van der Waals surface area contributed by atoms with Crippen molar-refractivity contribution in [1.29, 1.82) is 0 Å². The van der Waals surface area contributed by atoms with Crippen molar-refractivity contribution in [2.75, 3.05) is 13.7 Å². The molecule has 1 aliphatic carbocycles. The standard InChI is InChI=1S/C26H33FO4/c1-3-4-5-25(27)26(28)31-24-12-6-19(7-13-24)18-30-23-16-10-21(11-17-23)20-8-14-22(29-2)15-9-20/h8-11,14-17,19,24-25H,3-7,12-13,18H2,1-2H3/t19?,24?,25-/m0/s1. The van der Waals surface area contributed by atoms with E-state index in [1.807, 2.05) is 43.3 Å². The maximum Gasteiger partial charge on any atom is 0.340 e. The predicted octanol–water partition coefficient (Wildman–Crippen LogP) is 6.37. The molecule has 0 N–H and O–H groups in total. The van der Waals surface area contributed by atoms with Crippen LogP contribution in [-0.4, -0.2) is 32.0 Å². The van der Waals surface area contributed by atoms with Crippen molar-refractivity contribution >= 4 is 5.97 Å². The molecular weight excluding hydrogens is 395 g/mol. The van der Waals surface area contributed by atoms with Crippen LogP contribution >= 0.6 is 0 Å². The summed E-state index contributed by atoms with van der Waals surface area (Å²) in [6, 6.07) is 16.1. The largest absolute Gasteiger partial charge is 0.497 e. The normalized spacial score (nSPS) is 19.5. The molecule has 0 radical (unpaired) electrons. The Morgan fingerprint density at radius 1 is 0.968 bits per heavy atom. The van der Waals surface area contributed by atoms with Gasteiger partial charge in [-0.05, 0) is 73.4 Å². The lowest BCUT2D eigenvalue weighted by atomic mass is 9.88. The number of esters is 1. The van der Waals surface area contributed by atoms with Gasteiger partial charge in [0.2, 0.25) is 0 Å². The summed E-state index contributed by atoms with van der Waals surface area (Å²) in [6.45, 7) is 2.63. The molecule has 0 saturated heterocycles. The zero-order valence-corrected chi connectivity index (χ0v) is 18.5. The highest BCUT2D eigenvalue weighted by molar-refractivity contribution is 5.74. The van der Waals surface area contributed by atoms with Crippen LogP contribution < -0.4 is 9.47 Å². The van der Waals surface area contributed by atoms with Crippen LogP contribution in [0.5, 0.6) is 11.5 Å². The quantitative estimate of drug-likeness (QED) is 0.412. The van der Waals surface area contributed by atoms with E-state index in [1.165, 1.54) is 0 Å². The third kappa shape index (κ3) is 6.98. The Morgan fingerprint density at radius 3 is 2.10 bits per heavy atom. The molecule has 0 heterocycles. The average Bonchev–Trinajstić information content (AvgIpc) is 2.82. The van der Waals surface area contributed by atoms with Crippen LogP contribution in [0.3, 0.4) is 0 Å². The first-order valence-corrected chi connectivity index (χ1v) is 11.3. The van der Waals surface area contributed by atoms with E-state index in [-0.39, 0.29) is 12.5 Å². The minimum absolute atomic E-state index is 0.160. The first-order chi connectivity index (χ1) is 15.1. The Morgan fingerprint density at radius 2 is 1.55 bits per heavy atom. The number of carbonyl (C=O) groups excluding carboxylic acids is 1. The van der Waals surface area contributed by atoms with E-state index in [2.05, 4.69) is 12.1 Å². The molecule has 0 aromatic heterocycles. The smallest absolute Gasteiger partial charge is 0.340 e. The summed E-state index contributed by atoms with van der Waals surface area (Å²) in [5.41, 5.74) is 2.26. The lowest BCUT2D eigenvalue weighted by Crippen LogP contribution is -2.30. The van der Waals surface area contributed by atoms with Gasteiger partial charge in [-0.3, -0.25) is 0 Å². The first-order valence-electron chi connectivity index (χ1n) is 11.3. The molecule has 0 unspecified atom stereocenters. The first kappa shape index (κ1) is 23.1. The van der Waals surface area contributed by atoms with E-state index in [0.717, 1.165) is 54.7 Å². The number of ether oxygens (including phenoxy) is 3. The number of rotatable bonds is 10. The molecule has 1 fully saturated rings. The molecule has 4 nitrogen and oxygen atoms in total. The van der Waals surface area contributed by atoms with Crippen molar-refractivity contribution in [3.63, 3.8) is 0 Å². The van der Waals surface area contributed by atoms with Gasteiger partial charge in [-0.1, -0.05) is 44.0 Å². The number of hydrogen-bond donors (Lipinski definition) is 0. The van der Waals surface area contributed by atoms with Gasteiger partial charge in [0.15, 0.2) is 6.17 Å². The summed E-state index contributed by atoms with van der Waals surface area (Å²) in [5, 5.41) is 0. The minimum Gasteiger partial charge on any atom is -0.497 e. The van der Waals surface area contributed by atoms with Gasteiger partial charge in [-0.2, -0.15) is 0 Å². The van der Waals surface area contributed by atoms with Crippen LogP contribution in [0.25, 0.3) is 11.1 Å². The van der Waals surface area contributed by atoms with Crippen LogP contribution in [-0.2, 0) is 9.53 Å². The molecule has 2 aromatic rings. The number of unbranched alkanes of at least 4 members (excludes halogenated alkanes) is 1. The Labute approximate surface area is 184 Å². The lowest BCUT2D eigenvalue weighted by Gasteiger charge is -2.28. The summed E-state index contributed by atoms with van der Waals surface area (Å²) >= 11 is 0. The molecule has 168 valence electrons. The van der Waals surface area contributed by atoms with Crippen LogP contribution in [0.1, 0.15) is 51.9 Å². The maximum atomic E-state index is 13.8. The Kier molecular flexibility index (Phi) is 8.74. The molecule has 2 aromatic carbocycles. The van der Waals surface area contributed by atoms with Crippen molar-refractivity contribution < 1.29 is 23.4 Å². The fraction of sp³-hybridized carbons (Fsp3) is 0.500. The molecule has 1 atom stereocenters.